The first-order chi connectivity index (χ1) is 7.84. The van der Waals surface area contributed by atoms with Crippen LogP contribution in [-0.4, -0.2) is 4.98 Å². The van der Waals surface area contributed by atoms with Crippen molar-refractivity contribution in [3.63, 3.8) is 0 Å². The fourth-order valence-corrected chi connectivity index (χ4v) is 3.08. The summed E-state index contributed by atoms with van der Waals surface area (Å²) in [6, 6.07) is 14.7. The topological polar surface area (TPSA) is 12.9 Å². The summed E-state index contributed by atoms with van der Waals surface area (Å²) in [6.45, 7) is 0. The summed E-state index contributed by atoms with van der Waals surface area (Å²) in [7, 11) is 0. The Morgan fingerprint density at radius 3 is 2.62 bits per heavy atom. The fraction of sp³-hybridized carbons (Fsp3) is 0. The molecule has 0 saturated carbocycles. The van der Waals surface area contributed by atoms with Crippen LogP contribution in [0.2, 0.25) is 0 Å². The maximum absolute atomic E-state index is 4.47. The van der Waals surface area contributed by atoms with E-state index in [1.165, 1.54) is 16.3 Å². The van der Waals surface area contributed by atoms with E-state index >= 15 is 0 Å². The van der Waals surface area contributed by atoms with Crippen molar-refractivity contribution >= 4 is 38.0 Å². The van der Waals surface area contributed by atoms with Crippen LogP contribution in [0, 0.1) is 0 Å². The predicted octanol–water partition coefficient (Wildman–Crippen LogP) is 4.73. The molecule has 2 aromatic carbocycles. The molecule has 0 radical (unpaired) electrons. The number of fused-ring (bicyclic) bond motifs is 1. The SMILES string of the molecule is Brc1csc(-c2cccc3ccccc23)n1. The van der Waals surface area contributed by atoms with Crippen LogP contribution in [0.5, 0.6) is 0 Å². The van der Waals surface area contributed by atoms with Crippen LogP contribution >= 0.6 is 27.3 Å². The van der Waals surface area contributed by atoms with Crippen LogP contribution in [0.15, 0.2) is 52.4 Å². The van der Waals surface area contributed by atoms with E-state index in [-0.39, 0.29) is 0 Å². The van der Waals surface area contributed by atoms with E-state index in [9.17, 15) is 0 Å². The predicted molar refractivity (Wildman–Crippen MR) is 72.8 cm³/mol. The first kappa shape index (κ1) is 10.00. The quantitative estimate of drug-likeness (QED) is 0.631. The van der Waals surface area contributed by atoms with Gasteiger partial charge in [0.15, 0.2) is 0 Å². The Morgan fingerprint density at radius 1 is 1.00 bits per heavy atom. The molecule has 0 bridgehead atoms. The normalized spacial score (nSPS) is 10.8. The maximum atomic E-state index is 4.47. The number of hydrogen-bond acceptors (Lipinski definition) is 2. The molecule has 0 aliphatic heterocycles. The molecule has 0 N–H and O–H groups in total. The van der Waals surface area contributed by atoms with Crippen molar-refractivity contribution < 1.29 is 0 Å². The van der Waals surface area contributed by atoms with Crippen LogP contribution < -0.4 is 0 Å². The number of nitrogens with zero attached hydrogens (tertiary/aromatic N) is 1. The highest BCUT2D eigenvalue weighted by Gasteiger charge is 2.06. The Hall–Kier alpha value is -1.19. The molecular weight excluding hydrogens is 282 g/mol. The van der Waals surface area contributed by atoms with Crippen LogP contribution in [-0.2, 0) is 0 Å². The Morgan fingerprint density at radius 2 is 1.81 bits per heavy atom. The second kappa shape index (κ2) is 4.00. The molecule has 16 heavy (non-hydrogen) atoms. The minimum atomic E-state index is 0.903. The zero-order valence-corrected chi connectivity index (χ0v) is 10.8. The smallest absolute Gasteiger partial charge is 0.125 e. The van der Waals surface area contributed by atoms with Crippen molar-refractivity contribution in [2.75, 3.05) is 0 Å². The van der Waals surface area contributed by atoms with Crippen LogP contribution in [0.25, 0.3) is 21.3 Å². The first-order valence-corrected chi connectivity index (χ1v) is 6.61. The average molecular weight is 290 g/mol. The summed E-state index contributed by atoms with van der Waals surface area (Å²) in [5.74, 6) is 0. The Kier molecular flexibility index (Phi) is 2.50. The summed E-state index contributed by atoms with van der Waals surface area (Å²) < 4.78 is 0.903. The molecule has 0 aliphatic carbocycles. The van der Waals surface area contributed by atoms with Gasteiger partial charge < -0.3 is 0 Å². The molecule has 3 rings (SSSR count). The molecule has 3 heteroatoms. The molecule has 1 heterocycles. The van der Waals surface area contributed by atoms with Gasteiger partial charge in [0.2, 0.25) is 0 Å². The van der Waals surface area contributed by atoms with Crippen LogP contribution in [0.1, 0.15) is 0 Å². The highest BCUT2D eigenvalue weighted by Crippen LogP contribution is 2.31. The molecule has 0 unspecified atom stereocenters. The Labute approximate surface area is 106 Å². The lowest BCUT2D eigenvalue weighted by Crippen LogP contribution is -1.79. The number of halogens is 1. The van der Waals surface area contributed by atoms with E-state index in [1.54, 1.807) is 11.3 Å². The lowest BCUT2D eigenvalue weighted by molar-refractivity contribution is 1.37. The number of benzene rings is 2. The van der Waals surface area contributed by atoms with Gasteiger partial charge in [-0.2, -0.15) is 0 Å². The minimum absolute atomic E-state index is 0.903. The standard InChI is InChI=1S/C13H8BrNS/c14-12-8-16-13(15-12)11-7-3-5-9-4-1-2-6-10(9)11/h1-8H. The summed E-state index contributed by atoms with van der Waals surface area (Å²) in [5, 5.41) is 5.58. The van der Waals surface area contributed by atoms with Crippen LogP contribution in [0.4, 0.5) is 0 Å². The van der Waals surface area contributed by atoms with Gasteiger partial charge in [-0.05, 0) is 26.7 Å². The van der Waals surface area contributed by atoms with Crippen LogP contribution in [0.3, 0.4) is 0 Å². The maximum Gasteiger partial charge on any atom is 0.125 e. The van der Waals surface area contributed by atoms with Gasteiger partial charge in [0.05, 0.1) is 0 Å². The summed E-state index contributed by atoms with van der Waals surface area (Å²) in [6.07, 6.45) is 0. The van der Waals surface area contributed by atoms with Gasteiger partial charge in [-0.15, -0.1) is 11.3 Å². The molecule has 0 spiro atoms. The van der Waals surface area contributed by atoms with Gasteiger partial charge in [-0.25, -0.2) is 4.98 Å². The number of aromatic nitrogens is 1. The van der Waals surface area contributed by atoms with Crippen molar-refractivity contribution in [2.45, 2.75) is 0 Å². The van der Waals surface area contributed by atoms with Gasteiger partial charge in [0.1, 0.15) is 9.61 Å². The Balaban J connectivity index is 2.31. The second-order valence-corrected chi connectivity index (χ2v) is 5.17. The van der Waals surface area contributed by atoms with Crippen molar-refractivity contribution in [1.29, 1.82) is 0 Å². The van der Waals surface area contributed by atoms with E-state index in [0.717, 1.165) is 9.61 Å². The first-order valence-electron chi connectivity index (χ1n) is 4.94. The third-order valence-electron chi connectivity index (χ3n) is 2.50. The zero-order chi connectivity index (χ0) is 11.0. The Bertz CT molecular complexity index is 640. The summed E-state index contributed by atoms with van der Waals surface area (Å²) in [4.78, 5) is 4.47. The van der Waals surface area contributed by atoms with Crippen molar-refractivity contribution in [2.24, 2.45) is 0 Å². The van der Waals surface area contributed by atoms with E-state index in [1.807, 2.05) is 5.38 Å². The van der Waals surface area contributed by atoms with Gasteiger partial charge in [-0.1, -0.05) is 42.5 Å². The third-order valence-corrected chi connectivity index (χ3v) is 4.08. The second-order valence-electron chi connectivity index (χ2n) is 3.50. The highest BCUT2D eigenvalue weighted by atomic mass is 79.9. The molecule has 1 nitrogen and oxygen atoms in total. The van der Waals surface area contributed by atoms with Gasteiger partial charge >= 0.3 is 0 Å². The average Bonchev–Trinajstić information content (AvgIpc) is 2.75. The monoisotopic (exact) mass is 289 g/mol. The molecule has 0 saturated heterocycles. The lowest BCUT2D eigenvalue weighted by Gasteiger charge is -2.02. The molecule has 0 amide bonds. The van der Waals surface area contributed by atoms with E-state index in [4.69, 9.17) is 0 Å². The number of rotatable bonds is 1. The highest BCUT2D eigenvalue weighted by molar-refractivity contribution is 9.10. The summed E-state index contributed by atoms with van der Waals surface area (Å²) >= 11 is 5.05. The molecule has 78 valence electrons. The minimum Gasteiger partial charge on any atom is -0.229 e. The molecule has 0 atom stereocenters. The molecular formula is C13H8BrNS. The molecule has 3 aromatic rings. The molecule has 1 aromatic heterocycles. The van der Waals surface area contributed by atoms with Gasteiger partial charge in [0.25, 0.3) is 0 Å². The van der Waals surface area contributed by atoms with Crippen molar-refractivity contribution in [3.05, 3.63) is 52.4 Å². The van der Waals surface area contributed by atoms with E-state index < -0.39 is 0 Å². The number of thiazole rings is 1. The van der Waals surface area contributed by atoms with Gasteiger partial charge in [0, 0.05) is 10.9 Å². The fourth-order valence-electron chi connectivity index (χ4n) is 1.79. The number of hydrogen-bond donors (Lipinski definition) is 0. The van der Waals surface area contributed by atoms with Crippen molar-refractivity contribution in [3.8, 4) is 10.6 Å². The summed E-state index contributed by atoms with van der Waals surface area (Å²) in [5.41, 5.74) is 1.20. The largest absolute Gasteiger partial charge is 0.229 e. The van der Waals surface area contributed by atoms with E-state index in [0.29, 0.717) is 0 Å². The lowest BCUT2D eigenvalue weighted by atomic mass is 10.1. The molecule has 0 fully saturated rings. The molecule has 0 aliphatic rings. The zero-order valence-electron chi connectivity index (χ0n) is 8.35. The van der Waals surface area contributed by atoms with E-state index in [2.05, 4.69) is 63.4 Å². The van der Waals surface area contributed by atoms with Gasteiger partial charge in [-0.3, -0.25) is 0 Å². The van der Waals surface area contributed by atoms with Crippen molar-refractivity contribution in [1.82, 2.24) is 4.98 Å². The third kappa shape index (κ3) is 1.66.